The van der Waals surface area contributed by atoms with Crippen LogP contribution in [0.15, 0.2) is 48.5 Å². The standard InChI is InChI=1S/C20H14N4O4/c21-9-17-18(10-22)24-20(28-16-7-3-14(12-26)4-8-16)19(23-17)27-15-5-1-13(11-25)2-6-15/h1-8,25-26H,11-12H2. The molecule has 138 valence electrons. The Hall–Kier alpha value is -3.98. The second kappa shape index (κ2) is 8.60. The van der Waals surface area contributed by atoms with Crippen LogP contribution in [0, 0.1) is 22.7 Å². The topological polar surface area (TPSA) is 132 Å². The molecule has 3 aromatic rings. The zero-order chi connectivity index (χ0) is 19.9. The third-order valence-electron chi connectivity index (χ3n) is 3.69. The Morgan fingerprint density at radius 3 is 1.32 bits per heavy atom. The van der Waals surface area contributed by atoms with Crippen LogP contribution in [0.5, 0.6) is 23.3 Å². The molecule has 2 N–H and O–H groups in total. The van der Waals surface area contributed by atoms with Crippen molar-refractivity contribution in [3.63, 3.8) is 0 Å². The lowest BCUT2D eigenvalue weighted by Gasteiger charge is -2.11. The highest BCUT2D eigenvalue weighted by atomic mass is 16.5. The maximum atomic E-state index is 9.20. The molecule has 0 bridgehead atoms. The molecule has 8 nitrogen and oxygen atoms in total. The first kappa shape index (κ1) is 18.8. The summed E-state index contributed by atoms with van der Waals surface area (Å²) in [5.41, 5.74) is 1.03. The second-order valence-electron chi connectivity index (χ2n) is 5.56. The normalized spacial score (nSPS) is 10.0. The molecule has 0 aliphatic carbocycles. The van der Waals surface area contributed by atoms with Crippen molar-refractivity contribution in [1.29, 1.82) is 10.5 Å². The van der Waals surface area contributed by atoms with Crippen molar-refractivity contribution in [2.24, 2.45) is 0 Å². The van der Waals surface area contributed by atoms with Crippen molar-refractivity contribution < 1.29 is 19.7 Å². The molecular weight excluding hydrogens is 360 g/mol. The summed E-state index contributed by atoms with van der Waals surface area (Å²) >= 11 is 0. The Morgan fingerprint density at radius 1 is 0.679 bits per heavy atom. The maximum absolute atomic E-state index is 9.20. The third kappa shape index (κ3) is 4.22. The first-order valence-electron chi connectivity index (χ1n) is 8.14. The zero-order valence-electron chi connectivity index (χ0n) is 14.5. The summed E-state index contributed by atoms with van der Waals surface area (Å²) in [5, 5.41) is 36.6. The molecule has 0 spiro atoms. The Balaban J connectivity index is 1.98. The molecule has 8 heteroatoms. The van der Waals surface area contributed by atoms with Gasteiger partial charge in [0.2, 0.25) is 0 Å². The van der Waals surface area contributed by atoms with E-state index in [1.54, 1.807) is 60.7 Å². The van der Waals surface area contributed by atoms with Gasteiger partial charge in [-0.3, -0.25) is 0 Å². The van der Waals surface area contributed by atoms with Gasteiger partial charge >= 0.3 is 0 Å². The van der Waals surface area contributed by atoms with Crippen LogP contribution in [0.2, 0.25) is 0 Å². The van der Waals surface area contributed by atoms with Gasteiger partial charge in [0.1, 0.15) is 23.6 Å². The highest BCUT2D eigenvalue weighted by Crippen LogP contribution is 2.32. The lowest BCUT2D eigenvalue weighted by atomic mass is 10.2. The number of ether oxygens (including phenoxy) is 2. The van der Waals surface area contributed by atoms with Gasteiger partial charge in [0.15, 0.2) is 11.4 Å². The quantitative estimate of drug-likeness (QED) is 0.673. The van der Waals surface area contributed by atoms with Crippen molar-refractivity contribution in [3.8, 4) is 35.4 Å². The number of aromatic nitrogens is 2. The molecule has 1 heterocycles. The van der Waals surface area contributed by atoms with E-state index in [0.717, 1.165) is 0 Å². The van der Waals surface area contributed by atoms with Gasteiger partial charge in [-0.2, -0.15) is 20.5 Å². The van der Waals surface area contributed by atoms with Gasteiger partial charge in [-0.05, 0) is 35.4 Å². The van der Waals surface area contributed by atoms with Crippen molar-refractivity contribution in [2.75, 3.05) is 0 Å². The molecule has 2 aromatic carbocycles. The SMILES string of the molecule is N#Cc1nc(Oc2ccc(CO)cc2)c(Oc2ccc(CO)cc2)nc1C#N. The number of nitrogens with zero attached hydrogens (tertiary/aromatic N) is 4. The summed E-state index contributed by atoms with van der Waals surface area (Å²) in [6.45, 7) is -0.207. The minimum Gasteiger partial charge on any atom is -0.435 e. The molecule has 28 heavy (non-hydrogen) atoms. The van der Waals surface area contributed by atoms with Crippen LogP contribution in [-0.2, 0) is 13.2 Å². The van der Waals surface area contributed by atoms with E-state index in [-0.39, 0.29) is 36.4 Å². The highest BCUT2D eigenvalue weighted by molar-refractivity contribution is 5.44. The van der Waals surface area contributed by atoms with Gasteiger partial charge in [-0.25, -0.2) is 0 Å². The molecule has 0 saturated heterocycles. The van der Waals surface area contributed by atoms with Crippen LogP contribution in [0.25, 0.3) is 0 Å². The summed E-state index contributed by atoms with van der Waals surface area (Å²) < 4.78 is 11.4. The number of hydrogen-bond donors (Lipinski definition) is 2. The van der Waals surface area contributed by atoms with Gasteiger partial charge in [0, 0.05) is 0 Å². The van der Waals surface area contributed by atoms with Crippen LogP contribution < -0.4 is 9.47 Å². The molecular formula is C20H14N4O4. The molecule has 0 radical (unpaired) electrons. The molecule has 3 rings (SSSR count). The predicted molar refractivity (Wildman–Crippen MR) is 96.3 cm³/mol. The molecule has 0 saturated carbocycles. The molecule has 0 atom stereocenters. The maximum Gasteiger partial charge on any atom is 0.285 e. The smallest absolute Gasteiger partial charge is 0.285 e. The summed E-state index contributed by atoms with van der Waals surface area (Å²) in [6, 6.07) is 16.8. The summed E-state index contributed by atoms with van der Waals surface area (Å²) in [7, 11) is 0. The van der Waals surface area contributed by atoms with Crippen molar-refractivity contribution in [1.82, 2.24) is 9.97 Å². The lowest BCUT2D eigenvalue weighted by Crippen LogP contribution is -2.02. The highest BCUT2D eigenvalue weighted by Gasteiger charge is 2.18. The Bertz CT molecular complexity index is 965. The monoisotopic (exact) mass is 374 g/mol. The molecule has 0 amide bonds. The van der Waals surface area contributed by atoms with Crippen LogP contribution in [0.3, 0.4) is 0 Å². The average molecular weight is 374 g/mol. The van der Waals surface area contributed by atoms with E-state index >= 15 is 0 Å². The Labute approximate surface area is 160 Å². The van der Waals surface area contributed by atoms with E-state index in [1.165, 1.54) is 0 Å². The van der Waals surface area contributed by atoms with Gasteiger partial charge in [0.25, 0.3) is 11.8 Å². The number of nitriles is 2. The number of hydrogen-bond acceptors (Lipinski definition) is 8. The first-order chi connectivity index (χ1) is 13.7. The van der Waals surface area contributed by atoms with Crippen LogP contribution in [0.4, 0.5) is 0 Å². The fourth-order valence-electron chi connectivity index (χ4n) is 2.24. The van der Waals surface area contributed by atoms with Gasteiger partial charge in [-0.15, -0.1) is 0 Å². The van der Waals surface area contributed by atoms with E-state index in [2.05, 4.69) is 9.97 Å². The summed E-state index contributed by atoms with van der Waals surface area (Å²) in [4.78, 5) is 8.09. The van der Waals surface area contributed by atoms with E-state index in [4.69, 9.17) is 19.7 Å². The largest absolute Gasteiger partial charge is 0.435 e. The van der Waals surface area contributed by atoms with Crippen molar-refractivity contribution in [3.05, 3.63) is 71.0 Å². The van der Waals surface area contributed by atoms with E-state index in [1.807, 2.05) is 0 Å². The average Bonchev–Trinajstić information content (AvgIpc) is 2.75. The predicted octanol–water partition coefficient (Wildman–Crippen LogP) is 2.79. The Morgan fingerprint density at radius 2 is 1.04 bits per heavy atom. The lowest BCUT2D eigenvalue weighted by molar-refractivity contribution is 0.281. The first-order valence-corrected chi connectivity index (χ1v) is 8.14. The summed E-state index contributed by atoms with van der Waals surface area (Å²) in [5.74, 6) is 0.609. The van der Waals surface area contributed by atoms with Crippen molar-refractivity contribution >= 4 is 0 Å². The van der Waals surface area contributed by atoms with E-state index in [9.17, 15) is 10.5 Å². The third-order valence-corrected chi connectivity index (χ3v) is 3.69. The molecule has 0 fully saturated rings. The van der Waals surface area contributed by atoms with E-state index < -0.39 is 0 Å². The second-order valence-corrected chi connectivity index (χ2v) is 5.56. The van der Waals surface area contributed by atoms with Gasteiger partial charge in [0.05, 0.1) is 13.2 Å². The van der Waals surface area contributed by atoms with Gasteiger partial charge < -0.3 is 19.7 Å². The van der Waals surface area contributed by atoms with Crippen molar-refractivity contribution in [2.45, 2.75) is 13.2 Å². The minimum atomic E-state index is -0.188. The number of aliphatic hydroxyl groups is 2. The Kier molecular flexibility index (Phi) is 5.78. The fourth-order valence-corrected chi connectivity index (χ4v) is 2.24. The van der Waals surface area contributed by atoms with Crippen LogP contribution in [0.1, 0.15) is 22.5 Å². The van der Waals surface area contributed by atoms with Crippen LogP contribution >= 0.6 is 0 Å². The summed E-state index contributed by atoms with van der Waals surface area (Å²) in [6.07, 6.45) is 0. The molecule has 0 unspecified atom stereocenters. The fraction of sp³-hybridized carbons (Fsp3) is 0.100. The number of benzene rings is 2. The van der Waals surface area contributed by atoms with Gasteiger partial charge in [-0.1, -0.05) is 24.3 Å². The zero-order valence-corrected chi connectivity index (χ0v) is 14.5. The molecule has 0 aliphatic heterocycles. The van der Waals surface area contributed by atoms with E-state index in [0.29, 0.717) is 22.6 Å². The number of rotatable bonds is 6. The minimum absolute atomic E-state index is 0.0847. The van der Waals surface area contributed by atoms with Crippen LogP contribution in [-0.4, -0.2) is 20.2 Å². The number of aliphatic hydroxyl groups excluding tert-OH is 2. The molecule has 0 aliphatic rings. The molecule has 1 aromatic heterocycles.